The van der Waals surface area contributed by atoms with Crippen LogP contribution in [0.25, 0.3) is 11.1 Å². The van der Waals surface area contributed by atoms with Crippen molar-refractivity contribution in [2.24, 2.45) is 11.8 Å². The average molecular weight is 492 g/mol. The Kier molecular flexibility index (Phi) is 8.03. The molecule has 0 saturated carbocycles. The number of carboxylic acid groups (broad SMARTS) is 1. The largest absolute Gasteiger partial charge is 0.481 e. The van der Waals surface area contributed by atoms with E-state index in [0.29, 0.717) is 0 Å². The van der Waals surface area contributed by atoms with Gasteiger partial charge >= 0.3 is 18.2 Å². The molecule has 0 radical (unpaired) electrons. The standard InChI is InChI=1S/C25H27F3N2O5/c1-14(2)21(11-22(31)29-12-20(23(32)33)25(26,27)28)30-24(34)35-13-19-17-9-5-3-7-15(17)16-8-4-6-10-18(16)19/h3-10,14,19-21H,11-13H2,1-2H3,(H,29,31)(H,30,34)(H,32,33)/t20?,21-/m0/s1. The fourth-order valence-corrected chi connectivity index (χ4v) is 4.08. The molecule has 2 aromatic rings. The van der Waals surface area contributed by atoms with Gasteiger partial charge in [-0.2, -0.15) is 13.2 Å². The normalized spacial score (nSPS) is 14.6. The van der Waals surface area contributed by atoms with Gasteiger partial charge in [0.2, 0.25) is 5.91 Å². The van der Waals surface area contributed by atoms with Crippen LogP contribution >= 0.6 is 0 Å². The smallest absolute Gasteiger partial charge is 0.407 e. The lowest BCUT2D eigenvalue weighted by Crippen LogP contribution is -2.45. The summed E-state index contributed by atoms with van der Waals surface area (Å²) in [7, 11) is 0. The van der Waals surface area contributed by atoms with E-state index in [1.165, 1.54) is 0 Å². The lowest BCUT2D eigenvalue weighted by molar-refractivity contribution is -0.192. The van der Waals surface area contributed by atoms with Crippen LogP contribution in [0.3, 0.4) is 0 Å². The van der Waals surface area contributed by atoms with E-state index >= 15 is 0 Å². The number of nitrogens with one attached hydrogen (secondary N) is 2. The topological polar surface area (TPSA) is 105 Å². The number of alkyl halides is 3. The van der Waals surface area contributed by atoms with Crippen LogP contribution in [-0.4, -0.2) is 48.4 Å². The molecule has 1 aliphatic carbocycles. The predicted octanol–water partition coefficient (Wildman–Crippen LogP) is 4.32. The highest BCUT2D eigenvalue weighted by Crippen LogP contribution is 2.44. The molecule has 35 heavy (non-hydrogen) atoms. The van der Waals surface area contributed by atoms with Crippen LogP contribution < -0.4 is 10.6 Å². The number of rotatable bonds is 9. The number of aliphatic carboxylic acids is 1. The molecule has 0 aromatic heterocycles. The van der Waals surface area contributed by atoms with Gasteiger partial charge in [0.05, 0.1) is 0 Å². The van der Waals surface area contributed by atoms with Crippen LogP contribution in [0, 0.1) is 11.8 Å². The van der Waals surface area contributed by atoms with Gasteiger partial charge in [0.1, 0.15) is 6.61 Å². The lowest BCUT2D eigenvalue weighted by atomic mass is 9.98. The summed E-state index contributed by atoms with van der Waals surface area (Å²) in [6.07, 6.45) is -6.07. The third-order valence-corrected chi connectivity index (χ3v) is 6.05. The minimum atomic E-state index is -4.99. The predicted molar refractivity (Wildman–Crippen MR) is 122 cm³/mol. The molecule has 2 aromatic carbocycles. The summed E-state index contributed by atoms with van der Waals surface area (Å²) in [5.74, 6) is -5.98. The Morgan fingerprint density at radius 1 is 1.00 bits per heavy atom. The van der Waals surface area contributed by atoms with Crippen molar-refractivity contribution in [2.45, 2.75) is 38.4 Å². The molecule has 3 rings (SSSR count). The van der Waals surface area contributed by atoms with Crippen LogP contribution in [0.2, 0.25) is 0 Å². The van der Waals surface area contributed by atoms with Gasteiger partial charge in [-0.1, -0.05) is 62.4 Å². The number of fused-ring (bicyclic) bond motifs is 3. The number of benzene rings is 2. The van der Waals surface area contributed by atoms with E-state index in [0.717, 1.165) is 22.3 Å². The molecule has 0 bridgehead atoms. The molecule has 7 nitrogen and oxygen atoms in total. The molecule has 2 atom stereocenters. The first-order valence-corrected chi connectivity index (χ1v) is 11.2. The highest BCUT2D eigenvalue weighted by molar-refractivity contribution is 5.80. The van der Waals surface area contributed by atoms with Crippen molar-refractivity contribution in [3.05, 3.63) is 59.7 Å². The van der Waals surface area contributed by atoms with Crippen LogP contribution in [0.4, 0.5) is 18.0 Å². The molecular formula is C25H27F3N2O5. The van der Waals surface area contributed by atoms with Gasteiger partial charge in [-0.3, -0.25) is 9.59 Å². The van der Waals surface area contributed by atoms with Gasteiger partial charge in [-0.05, 0) is 28.2 Å². The van der Waals surface area contributed by atoms with Crippen molar-refractivity contribution >= 4 is 18.0 Å². The SMILES string of the molecule is CC(C)[C@H](CC(=O)NCC(C(=O)O)C(F)(F)F)NC(=O)OCC1c2ccccc2-c2ccccc21. The molecule has 2 amide bonds. The van der Waals surface area contributed by atoms with Crippen molar-refractivity contribution in [3.8, 4) is 11.1 Å². The monoisotopic (exact) mass is 492 g/mol. The van der Waals surface area contributed by atoms with Crippen LogP contribution in [0.15, 0.2) is 48.5 Å². The number of alkyl carbamates (subject to hydrolysis) is 1. The third kappa shape index (κ3) is 6.32. The summed E-state index contributed by atoms with van der Waals surface area (Å²) in [5.41, 5.74) is 4.23. The molecule has 3 N–H and O–H groups in total. The number of hydrogen-bond acceptors (Lipinski definition) is 4. The molecule has 0 fully saturated rings. The van der Waals surface area contributed by atoms with E-state index < -0.39 is 42.7 Å². The van der Waals surface area contributed by atoms with E-state index in [-0.39, 0.29) is 24.9 Å². The Hall–Kier alpha value is -3.56. The molecule has 1 aliphatic rings. The number of carbonyl (C=O) groups excluding carboxylic acids is 2. The zero-order chi connectivity index (χ0) is 25.8. The van der Waals surface area contributed by atoms with Gasteiger partial charge in [0.15, 0.2) is 5.92 Å². The first-order chi connectivity index (χ1) is 16.5. The zero-order valence-corrected chi connectivity index (χ0v) is 19.3. The number of ether oxygens (including phenoxy) is 1. The van der Waals surface area contributed by atoms with E-state index in [1.54, 1.807) is 13.8 Å². The summed E-state index contributed by atoms with van der Waals surface area (Å²) in [6, 6.07) is 15.0. The Balaban J connectivity index is 1.57. The molecule has 0 heterocycles. The van der Waals surface area contributed by atoms with Gasteiger partial charge in [0, 0.05) is 24.9 Å². The van der Waals surface area contributed by atoms with E-state index in [1.807, 2.05) is 53.8 Å². The van der Waals surface area contributed by atoms with Crippen molar-refractivity contribution in [2.75, 3.05) is 13.2 Å². The number of halogens is 3. The van der Waals surface area contributed by atoms with Crippen LogP contribution in [0.5, 0.6) is 0 Å². The maximum absolute atomic E-state index is 12.8. The van der Waals surface area contributed by atoms with Crippen molar-refractivity contribution in [1.29, 1.82) is 0 Å². The highest BCUT2D eigenvalue weighted by Gasteiger charge is 2.45. The minimum Gasteiger partial charge on any atom is -0.481 e. The Bertz CT molecular complexity index is 1040. The molecule has 0 saturated heterocycles. The average Bonchev–Trinajstić information content (AvgIpc) is 3.10. The van der Waals surface area contributed by atoms with E-state index in [2.05, 4.69) is 5.32 Å². The molecular weight excluding hydrogens is 465 g/mol. The lowest BCUT2D eigenvalue weighted by Gasteiger charge is -2.23. The highest BCUT2D eigenvalue weighted by atomic mass is 19.4. The summed E-state index contributed by atoms with van der Waals surface area (Å²) in [5, 5.41) is 13.3. The summed E-state index contributed by atoms with van der Waals surface area (Å²) in [6.45, 7) is 2.45. The quantitative estimate of drug-likeness (QED) is 0.484. The Morgan fingerprint density at radius 3 is 2.03 bits per heavy atom. The van der Waals surface area contributed by atoms with Crippen molar-refractivity contribution in [3.63, 3.8) is 0 Å². The second kappa shape index (κ2) is 10.8. The summed E-state index contributed by atoms with van der Waals surface area (Å²) < 4.78 is 43.8. The Labute approximate surface area is 200 Å². The third-order valence-electron chi connectivity index (χ3n) is 6.05. The molecule has 0 aliphatic heterocycles. The number of carbonyl (C=O) groups is 3. The summed E-state index contributed by atoms with van der Waals surface area (Å²) in [4.78, 5) is 35.5. The molecule has 1 unspecified atom stereocenters. The van der Waals surface area contributed by atoms with Crippen LogP contribution in [-0.2, 0) is 14.3 Å². The van der Waals surface area contributed by atoms with Gasteiger partial charge in [-0.25, -0.2) is 4.79 Å². The second-order valence-electron chi connectivity index (χ2n) is 8.76. The number of amides is 2. The molecule has 10 heteroatoms. The summed E-state index contributed by atoms with van der Waals surface area (Å²) >= 11 is 0. The minimum absolute atomic E-state index is 0.0722. The maximum Gasteiger partial charge on any atom is 0.407 e. The van der Waals surface area contributed by atoms with E-state index in [4.69, 9.17) is 9.84 Å². The van der Waals surface area contributed by atoms with E-state index in [9.17, 15) is 27.6 Å². The zero-order valence-electron chi connectivity index (χ0n) is 19.3. The number of carboxylic acids is 1. The Morgan fingerprint density at radius 2 is 1.54 bits per heavy atom. The van der Waals surface area contributed by atoms with Gasteiger partial charge < -0.3 is 20.5 Å². The fraction of sp³-hybridized carbons (Fsp3) is 0.400. The molecule has 0 spiro atoms. The number of hydrogen-bond donors (Lipinski definition) is 3. The van der Waals surface area contributed by atoms with Crippen molar-refractivity contribution < 1.29 is 37.4 Å². The van der Waals surface area contributed by atoms with Gasteiger partial charge in [0.25, 0.3) is 0 Å². The van der Waals surface area contributed by atoms with Crippen LogP contribution in [0.1, 0.15) is 37.3 Å². The van der Waals surface area contributed by atoms with Gasteiger partial charge in [-0.15, -0.1) is 0 Å². The molecule has 188 valence electrons. The second-order valence-corrected chi connectivity index (χ2v) is 8.76. The maximum atomic E-state index is 12.8. The van der Waals surface area contributed by atoms with Crippen molar-refractivity contribution in [1.82, 2.24) is 10.6 Å². The fourth-order valence-electron chi connectivity index (χ4n) is 4.08. The first-order valence-electron chi connectivity index (χ1n) is 11.2. The first kappa shape index (κ1) is 26.1.